The molecule has 0 saturated carbocycles. The van der Waals surface area contributed by atoms with Crippen molar-refractivity contribution in [2.75, 3.05) is 0 Å². The van der Waals surface area contributed by atoms with Crippen LogP contribution in [-0.2, 0) is 6.67 Å². The molecule has 15 heavy (non-hydrogen) atoms. The van der Waals surface area contributed by atoms with Crippen LogP contribution in [0, 0.1) is 6.92 Å². The van der Waals surface area contributed by atoms with Gasteiger partial charge in [-0.3, -0.25) is 4.57 Å². The zero-order valence-electron chi connectivity index (χ0n) is 8.72. The highest BCUT2D eigenvalue weighted by Crippen LogP contribution is 2.18. The molecule has 0 amide bonds. The van der Waals surface area contributed by atoms with Crippen LogP contribution < -0.4 is 0 Å². The van der Waals surface area contributed by atoms with Gasteiger partial charge in [-0.15, -0.1) is 0 Å². The average Bonchev–Trinajstić information content (AvgIpc) is 2.83. The molecule has 74 valence electrons. The molecule has 3 rings (SSSR count). The third-order valence-corrected chi connectivity index (χ3v) is 2.90. The van der Waals surface area contributed by atoms with Crippen LogP contribution in [-0.4, -0.2) is 15.4 Å². The zero-order valence-corrected chi connectivity index (χ0v) is 8.72. The lowest BCUT2D eigenvalue weighted by molar-refractivity contribution is -0.463. The number of rotatable bonds is 1. The van der Waals surface area contributed by atoms with Crippen molar-refractivity contribution in [2.24, 2.45) is 0 Å². The summed E-state index contributed by atoms with van der Waals surface area (Å²) < 4.78 is 4.58. The maximum atomic E-state index is 2.31. The lowest BCUT2D eigenvalue weighted by Crippen LogP contribution is -2.05. The number of aryl methyl sites for hydroxylation is 1. The number of hydrogen-bond acceptors (Lipinski definition) is 0. The van der Waals surface area contributed by atoms with E-state index in [1.165, 1.54) is 17.1 Å². The summed E-state index contributed by atoms with van der Waals surface area (Å²) in [5.74, 6) is 0. The van der Waals surface area contributed by atoms with E-state index >= 15 is 0 Å². The molecule has 1 aliphatic heterocycles. The van der Waals surface area contributed by atoms with Gasteiger partial charge >= 0.3 is 0 Å². The predicted octanol–water partition coefficient (Wildman–Crippen LogP) is 2.53. The fourth-order valence-electron chi connectivity index (χ4n) is 2.02. The van der Waals surface area contributed by atoms with Gasteiger partial charge in [0.05, 0.1) is 0 Å². The first-order valence-corrected chi connectivity index (χ1v) is 5.17. The summed E-state index contributed by atoms with van der Waals surface area (Å²) in [6, 6.07) is 14.8. The third kappa shape index (κ3) is 1.30. The molecule has 0 saturated heterocycles. The first-order valence-electron chi connectivity index (χ1n) is 5.17. The van der Waals surface area contributed by atoms with Crippen molar-refractivity contribution in [1.29, 1.82) is 0 Å². The minimum absolute atomic E-state index is 0.929. The first-order chi connectivity index (χ1) is 7.34. The van der Waals surface area contributed by atoms with Crippen molar-refractivity contribution in [3.63, 3.8) is 0 Å². The monoisotopic (exact) mass is 197 g/mol. The summed E-state index contributed by atoms with van der Waals surface area (Å²) in [6.45, 7) is 3.07. The van der Waals surface area contributed by atoms with Gasteiger partial charge in [0.2, 0.25) is 12.4 Å². The minimum atomic E-state index is 0.929. The van der Waals surface area contributed by atoms with Crippen molar-refractivity contribution in [3.05, 3.63) is 53.9 Å². The van der Waals surface area contributed by atoms with Crippen LogP contribution in [0.4, 0.5) is 5.69 Å². The van der Waals surface area contributed by atoms with Crippen LogP contribution >= 0.6 is 0 Å². The van der Waals surface area contributed by atoms with Crippen molar-refractivity contribution in [3.8, 4) is 0 Å². The minimum Gasteiger partial charge on any atom is -0.284 e. The van der Waals surface area contributed by atoms with E-state index in [0.29, 0.717) is 0 Å². The second kappa shape index (κ2) is 3.09. The van der Waals surface area contributed by atoms with E-state index in [4.69, 9.17) is 0 Å². The van der Waals surface area contributed by atoms with Gasteiger partial charge in [-0.05, 0) is 19.1 Å². The first kappa shape index (κ1) is 8.48. The van der Waals surface area contributed by atoms with Gasteiger partial charge in [0, 0.05) is 17.8 Å². The molecule has 2 aromatic rings. The smallest absolute Gasteiger partial charge is 0.228 e. The van der Waals surface area contributed by atoms with Gasteiger partial charge < -0.3 is 0 Å². The molecule has 1 aromatic heterocycles. The van der Waals surface area contributed by atoms with Gasteiger partial charge in [-0.25, -0.2) is 0 Å². The lowest BCUT2D eigenvalue weighted by atomic mass is 10.3. The summed E-state index contributed by atoms with van der Waals surface area (Å²) >= 11 is 0. The van der Waals surface area contributed by atoms with Gasteiger partial charge in [-0.2, -0.15) is 4.58 Å². The van der Waals surface area contributed by atoms with Crippen molar-refractivity contribution >= 4 is 11.9 Å². The summed E-state index contributed by atoms with van der Waals surface area (Å²) in [5, 5.41) is 0. The largest absolute Gasteiger partial charge is 0.284 e. The molecule has 2 heterocycles. The Balaban J connectivity index is 2.01. The van der Waals surface area contributed by atoms with E-state index in [9.17, 15) is 0 Å². The molecule has 0 unspecified atom stereocenters. The molecule has 2 nitrogen and oxygen atoms in total. The standard InChI is InChI=1S/C13H13N2/c1-11-7-8-13-9-14(10-15(11)13)12-5-3-2-4-6-12/h2-9H,10H2,1H3/q+1. The molecular weight excluding hydrogens is 184 g/mol. The number of para-hydroxylation sites is 1. The average molecular weight is 197 g/mol. The topological polar surface area (TPSA) is 7.94 Å². The molecule has 0 bridgehead atoms. The third-order valence-electron chi connectivity index (χ3n) is 2.90. The normalized spacial score (nSPS) is 13.8. The highest BCUT2D eigenvalue weighted by molar-refractivity contribution is 5.75. The molecule has 0 fully saturated rings. The number of aromatic nitrogens is 1. The Kier molecular flexibility index (Phi) is 1.75. The molecule has 1 aromatic carbocycles. The van der Waals surface area contributed by atoms with Gasteiger partial charge in [0.15, 0.2) is 6.21 Å². The highest BCUT2D eigenvalue weighted by Gasteiger charge is 2.20. The Hall–Kier alpha value is -1.83. The van der Waals surface area contributed by atoms with E-state index in [1.807, 2.05) is 6.07 Å². The summed E-state index contributed by atoms with van der Waals surface area (Å²) in [5.41, 5.74) is 3.86. The van der Waals surface area contributed by atoms with E-state index in [0.717, 1.165) is 6.67 Å². The Morgan fingerprint density at radius 1 is 1.07 bits per heavy atom. The summed E-state index contributed by atoms with van der Waals surface area (Å²) in [7, 11) is 0. The number of nitrogens with zero attached hydrogens (tertiary/aromatic N) is 2. The molecule has 2 heteroatoms. The van der Waals surface area contributed by atoms with Crippen LogP contribution in [0.2, 0.25) is 0 Å². The highest BCUT2D eigenvalue weighted by atomic mass is 15.2. The second-order valence-corrected chi connectivity index (χ2v) is 3.90. The fraction of sp³-hybridized carbons (Fsp3) is 0.154. The van der Waals surface area contributed by atoms with Gasteiger partial charge in [-0.1, -0.05) is 18.2 Å². The maximum absolute atomic E-state index is 2.31. The molecule has 0 spiro atoms. The van der Waals surface area contributed by atoms with Crippen LogP contribution in [0.1, 0.15) is 11.4 Å². The van der Waals surface area contributed by atoms with Gasteiger partial charge in [0.1, 0.15) is 5.69 Å². The molecule has 0 aliphatic carbocycles. The molecule has 0 radical (unpaired) electrons. The van der Waals surface area contributed by atoms with Crippen molar-refractivity contribution < 1.29 is 4.58 Å². The molecule has 0 atom stereocenters. The second-order valence-electron chi connectivity index (χ2n) is 3.90. The molecule has 1 aliphatic rings. The summed E-state index contributed by atoms with van der Waals surface area (Å²) in [6.07, 6.45) is 2.20. The van der Waals surface area contributed by atoms with E-state index in [-0.39, 0.29) is 0 Å². The number of hydrogen-bond donors (Lipinski definition) is 0. The van der Waals surface area contributed by atoms with Crippen molar-refractivity contribution in [2.45, 2.75) is 13.6 Å². The van der Waals surface area contributed by atoms with E-state index < -0.39 is 0 Å². The zero-order chi connectivity index (χ0) is 10.3. The van der Waals surface area contributed by atoms with Crippen LogP contribution in [0.15, 0.2) is 42.5 Å². The Morgan fingerprint density at radius 3 is 2.60 bits per heavy atom. The van der Waals surface area contributed by atoms with Gasteiger partial charge in [0.25, 0.3) is 0 Å². The quantitative estimate of drug-likeness (QED) is 0.621. The van der Waals surface area contributed by atoms with Crippen LogP contribution in [0.25, 0.3) is 0 Å². The van der Waals surface area contributed by atoms with E-state index in [1.54, 1.807) is 0 Å². The van der Waals surface area contributed by atoms with Crippen LogP contribution in [0.5, 0.6) is 0 Å². The Bertz CT molecular complexity index is 521. The van der Waals surface area contributed by atoms with E-state index in [2.05, 4.69) is 58.7 Å². The SMILES string of the molecule is Cc1ccc2n1C[N+](c1ccccc1)=C2. The number of fused-ring (bicyclic) bond motifs is 1. The Morgan fingerprint density at radius 2 is 1.87 bits per heavy atom. The summed E-state index contributed by atoms with van der Waals surface area (Å²) in [4.78, 5) is 0. The Labute approximate surface area is 89.1 Å². The maximum Gasteiger partial charge on any atom is 0.228 e. The van der Waals surface area contributed by atoms with Crippen LogP contribution in [0.3, 0.4) is 0 Å². The molecular formula is C13H13N2+. The number of benzene rings is 1. The van der Waals surface area contributed by atoms with Crippen molar-refractivity contribution in [1.82, 2.24) is 4.57 Å². The fourth-order valence-corrected chi connectivity index (χ4v) is 2.02. The molecule has 0 N–H and O–H groups in total. The predicted molar refractivity (Wildman–Crippen MR) is 60.7 cm³/mol. The lowest BCUT2D eigenvalue weighted by Gasteiger charge is -1.99.